The Balaban J connectivity index is 1.93. The van der Waals surface area contributed by atoms with Gasteiger partial charge in [-0.15, -0.1) is 0 Å². The topological polar surface area (TPSA) is 65.2 Å². The average molecular weight is 389 g/mol. The number of hydrogen-bond donors (Lipinski definition) is 2. The SMILES string of the molecule is Cc1cc(NC(=O)N(C)[C@@H](C)c2c[nH]c(=O)c3c(F)c(F)ccc23)ccc1F. The van der Waals surface area contributed by atoms with Gasteiger partial charge in [0, 0.05) is 18.9 Å². The predicted molar refractivity (Wildman–Crippen MR) is 101 cm³/mol. The van der Waals surface area contributed by atoms with Crippen molar-refractivity contribution in [3.63, 3.8) is 0 Å². The van der Waals surface area contributed by atoms with Gasteiger partial charge >= 0.3 is 6.03 Å². The summed E-state index contributed by atoms with van der Waals surface area (Å²) in [7, 11) is 1.52. The standard InChI is InChI=1S/C20H18F3N3O2/c1-10-8-12(4-6-15(10)21)25-20(28)26(3)11(2)14-9-24-19(27)17-13(14)5-7-16(22)18(17)23/h4-9,11H,1-3H3,(H,24,27)(H,25,28)/t11-/m0/s1. The van der Waals surface area contributed by atoms with Gasteiger partial charge in [0.25, 0.3) is 5.56 Å². The molecule has 1 aromatic heterocycles. The van der Waals surface area contributed by atoms with Gasteiger partial charge in [-0.05, 0) is 54.6 Å². The maximum Gasteiger partial charge on any atom is 0.322 e. The number of urea groups is 1. The van der Waals surface area contributed by atoms with E-state index in [0.29, 0.717) is 16.8 Å². The molecule has 0 radical (unpaired) electrons. The summed E-state index contributed by atoms with van der Waals surface area (Å²) in [5.41, 5.74) is 0.498. The minimum atomic E-state index is -1.23. The number of rotatable bonds is 3. The van der Waals surface area contributed by atoms with Gasteiger partial charge in [0.15, 0.2) is 11.6 Å². The summed E-state index contributed by atoms with van der Waals surface area (Å²) in [6.45, 7) is 3.27. The van der Waals surface area contributed by atoms with E-state index in [9.17, 15) is 22.8 Å². The molecular formula is C20H18F3N3O2. The smallest absolute Gasteiger partial charge is 0.322 e. The van der Waals surface area contributed by atoms with Gasteiger partial charge in [0.05, 0.1) is 11.4 Å². The number of aromatic nitrogens is 1. The van der Waals surface area contributed by atoms with E-state index < -0.39 is 34.7 Å². The molecule has 0 bridgehead atoms. The summed E-state index contributed by atoms with van der Waals surface area (Å²) in [5, 5.41) is 2.47. The molecule has 0 saturated carbocycles. The van der Waals surface area contributed by atoms with Crippen molar-refractivity contribution in [1.82, 2.24) is 9.88 Å². The molecule has 5 nitrogen and oxygen atoms in total. The molecule has 28 heavy (non-hydrogen) atoms. The van der Waals surface area contributed by atoms with Gasteiger partial charge in [-0.3, -0.25) is 4.79 Å². The molecule has 0 aliphatic rings. The third-order valence-electron chi connectivity index (χ3n) is 4.75. The lowest BCUT2D eigenvalue weighted by molar-refractivity contribution is 0.208. The molecule has 0 unspecified atom stereocenters. The first-order valence-corrected chi connectivity index (χ1v) is 8.50. The fraction of sp³-hybridized carbons (Fsp3) is 0.200. The Hall–Kier alpha value is -3.29. The first kappa shape index (κ1) is 19.5. The zero-order valence-corrected chi connectivity index (χ0v) is 15.4. The quantitative estimate of drug-likeness (QED) is 0.694. The number of aryl methyl sites for hydroxylation is 1. The summed E-state index contributed by atoms with van der Waals surface area (Å²) < 4.78 is 41.0. The monoisotopic (exact) mass is 389 g/mol. The van der Waals surface area contributed by atoms with Gasteiger partial charge in [-0.2, -0.15) is 0 Å². The van der Waals surface area contributed by atoms with E-state index in [1.807, 2.05) is 0 Å². The molecule has 3 aromatic rings. The van der Waals surface area contributed by atoms with Crippen LogP contribution < -0.4 is 10.9 Å². The van der Waals surface area contributed by atoms with Crippen molar-refractivity contribution in [1.29, 1.82) is 0 Å². The summed E-state index contributed by atoms with van der Waals surface area (Å²) >= 11 is 0. The lowest BCUT2D eigenvalue weighted by atomic mass is 10.0. The molecule has 0 aliphatic carbocycles. The maximum atomic E-state index is 14.1. The van der Waals surface area contributed by atoms with Crippen LogP contribution in [0.4, 0.5) is 23.7 Å². The summed E-state index contributed by atoms with van der Waals surface area (Å²) in [5.74, 6) is -2.74. The van der Waals surface area contributed by atoms with E-state index in [1.165, 1.54) is 42.4 Å². The van der Waals surface area contributed by atoms with Crippen LogP contribution in [-0.4, -0.2) is 23.0 Å². The van der Waals surface area contributed by atoms with E-state index in [4.69, 9.17) is 0 Å². The number of carbonyl (C=O) groups is 1. The number of pyridine rings is 1. The third-order valence-corrected chi connectivity index (χ3v) is 4.75. The van der Waals surface area contributed by atoms with Crippen LogP contribution in [0, 0.1) is 24.4 Å². The molecule has 3 rings (SSSR count). The number of aromatic amines is 1. The number of nitrogens with one attached hydrogen (secondary N) is 2. The largest absolute Gasteiger partial charge is 0.328 e. The van der Waals surface area contributed by atoms with Gasteiger partial charge < -0.3 is 15.2 Å². The molecule has 0 fully saturated rings. The minimum Gasteiger partial charge on any atom is -0.328 e. The molecule has 2 N–H and O–H groups in total. The Morgan fingerprint density at radius 3 is 2.50 bits per heavy atom. The Bertz CT molecular complexity index is 1130. The summed E-state index contributed by atoms with van der Waals surface area (Å²) in [6.07, 6.45) is 1.37. The predicted octanol–water partition coefficient (Wildman–Crippen LogP) is 4.48. The van der Waals surface area contributed by atoms with E-state index in [0.717, 1.165) is 6.07 Å². The van der Waals surface area contributed by atoms with E-state index >= 15 is 0 Å². The molecule has 2 amide bonds. The van der Waals surface area contributed by atoms with E-state index in [-0.39, 0.29) is 11.2 Å². The highest BCUT2D eigenvalue weighted by atomic mass is 19.2. The molecule has 1 heterocycles. The number of nitrogens with zero attached hydrogens (tertiary/aromatic N) is 1. The lowest BCUT2D eigenvalue weighted by Gasteiger charge is -2.26. The van der Waals surface area contributed by atoms with Crippen LogP contribution in [0.25, 0.3) is 10.8 Å². The van der Waals surface area contributed by atoms with E-state index in [1.54, 1.807) is 13.8 Å². The average Bonchev–Trinajstić information content (AvgIpc) is 2.66. The Kier molecular flexibility index (Phi) is 5.13. The molecule has 0 spiro atoms. The van der Waals surface area contributed by atoms with Crippen LogP contribution in [-0.2, 0) is 0 Å². The lowest BCUT2D eigenvalue weighted by Crippen LogP contribution is -2.34. The fourth-order valence-electron chi connectivity index (χ4n) is 2.97. The molecule has 146 valence electrons. The molecule has 0 saturated heterocycles. The first-order valence-electron chi connectivity index (χ1n) is 8.50. The van der Waals surface area contributed by atoms with Crippen LogP contribution in [0.5, 0.6) is 0 Å². The normalized spacial score (nSPS) is 12.1. The molecule has 2 aromatic carbocycles. The van der Waals surface area contributed by atoms with Crippen LogP contribution in [0.2, 0.25) is 0 Å². The van der Waals surface area contributed by atoms with Gasteiger partial charge in [0.1, 0.15) is 5.82 Å². The van der Waals surface area contributed by atoms with E-state index in [2.05, 4.69) is 10.3 Å². The Morgan fingerprint density at radius 1 is 1.14 bits per heavy atom. The van der Waals surface area contributed by atoms with Crippen molar-refractivity contribution in [2.45, 2.75) is 19.9 Å². The number of halogens is 3. The second-order valence-electron chi connectivity index (χ2n) is 6.54. The van der Waals surface area contributed by atoms with Gasteiger partial charge in [0.2, 0.25) is 0 Å². The Morgan fingerprint density at radius 2 is 1.82 bits per heavy atom. The zero-order chi connectivity index (χ0) is 20.6. The molecule has 0 aliphatic heterocycles. The number of amides is 2. The second-order valence-corrected chi connectivity index (χ2v) is 6.54. The number of H-pyrrole nitrogens is 1. The third kappa shape index (κ3) is 3.45. The highest BCUT2D eigenvalue weighted by Crippen LogP contribution is 2.28. The van der Waals surface area contributed by atoms with Gasteiger partial charge in [-0.1, -0.05) is 6.07 Å². The van der Waals surface area contributed by atoms with Crippen molar-refractivity contribution >= 4 is 22.5 Å². The van der Waals surface area contributed by atoms with Crippen molar-refractivity contribution in [3.05, 3.63) is 75.5 Å². The van der Waals surface area contributed by atoms with Gasteiger partial charge in [-0.25, -0.2) is 18.0 Å². The van der Waals surface area contributed by atoms with Crippen LogP contribution in [0.3, 0.4) is 0 Å². The van der Waals surface area contributed by atoms with Crippen molar-refractivity contribution in [3.8, 4) is 0 Å². The van der Waals surface area contributed by atoms with Crippen LogP contribution in [0.1, 0.15) is 24.1 Å². The Labute approximate surface area is 158 Å². The van der Waals surface area contributed by atoms with Crippen molar-refractivity contribution in [2.75, 3.05) is 12.4 Å². The second kappa shape index (κ2) is 7.38. The molecule has 8 heteroatoms. The summed E-state index contributed by atoms with van der Waals surface area (Å²) in [6, 6.07) is 5.37. The number of fused-ring (bicyclic) bond motifs is 1. The number of carbonyl (C=O) groups excluding carboxylic acids is 1. The fourth-order valence-corrected chi connectivity index (χ4v) is 2.97. The maximum absolute atomic E-state index is 14.1. The minimum absolute atomic E-state index is 0.215. The van der Waals surface area contributed by atoms with Crippen LogP contribution in [0.15, 0.2) is 41.3 Å². The summed E-state index contributed by atoms with van der Waals surface area (Å²) in [4.78, 5) is 28.2. The van der Waals surface area contributed by atoms with Crippen molar-refractivity contribution in [2.24, 2.45) is 0 Å². The van der Waals surface area contributed by atoms with Crippen molar-refractivity contribution < 1.29 is 18.0 Å². The first-order chi connectivity index (χ1) is 13.2. The molecule has 1 atom stereocenters. The highest BCUT2D eigenvalue weighted by Gasteiger charge is 2.22. The number of anilines is 1. The highest BCUT2D eigenvalue weighted by molar-refractivity contribution is 5.91. The van der Waals surface area contributed by atoms with Crippen LogP contribution >= 0.6 is 0 Å². The molecular weight excluding hydrogens is 371 g/mol. The number of hydrogen-bond acceptors (Lipinski definition) is 2. The number of benzene rings is 2. The zero-order valence-electron chi connectivity index (χ0n) is 15.4.